The topological polar surface area (TPSA) is 38.5 Å². The molecule has 2 aromatic rings. The van der Waals surface area contributed by atoms with Crippen LogP contribution in [0.15, 0.2) is 42.5 Å². The average molecular weight is 268 g/mol. The Morgan fingerprint density at radius 1 is 1.00 bits per heavy atom. The van der Waals surface area contributed by atoms with Crippen LogP contribution in [0.2, 0.25) is 0 Å². The molecule has 0 unspecified atom stereocenters. The van der Waals surface area contributed by atoms with E-state index in [9.17, 15) is 0 Å². The first kappa shape index (κ1) is 12.9. The van der Waals surface area contributed by atoms with E-state index in [-0.39, 0.29) is 0 Å². The Balaban J connectivity index is 2.10. The third-order valence-electron chi connectivity index (χ3n) is 3.91. The highest BCUT2D eigenvalue weighted by molar-refractivity contribution is 5.80. The molecule has 1 heterocycles. The third kappa shape index (κ3) is 2.20. The fourth-order valence-electron chi connectivity index (χ4n) is 2.89. The van der Waals surface area contributed by atoms with Gasteiger partial charge in [-0.2, -0.15) is 0 Å². The zero-order chi connectivity index (χ0) is 13.9. The minimum Gasteiger partial charge on any atom is -0.495 e. The summed E-state index contributed by atoms with van der Waals surface area (Å²) in [5.41, 5.74) is 10.7. The van der Waals surface area contributed by atoms with Gasteiger partial charge in [0.25, 0.3) is 0 Å². The molecule has 0 saturated carbocycles. The van der Waals surface area contributed by atoms with Gasteiger partial charge in [0.15, 0.2) is 0 Å². The van der Waals surface area contributed by atoms with E-state index in [4.69, 9.17) is 10.5 Å². The molecule has 1 aliphatic rings. The van der Waals surface area contributed by atoms with E-state index in [0.29, 0.717) is 5.69 Å². The number of nitrogens with two attached hydrogens (primary N) is 1. The normalized spacial score (nSPS) is 14.6. The number of aryl methyl sites for hydroxylation is 1. The molecule has 0 aromatic heterocycles. The van der Waals surface area contributed by atoms with Crippen molar-refractivity contribution in [1.82, 2.24) is 0 Å². The van der Waals surface area contributed by atoms with E-state index in [1.807, 2.05) is 12.1 Å². The number of para-hydroxylation sites is 2. The largest absolute Gasteiger partial charge is 0.495 e. The van der Waals surface area contributed by atoms with E-state index in [0.717, 1.165) is 24.4 Å². The molecule has 0 radical (unpaired) electrons. The van der Waals surface area contributed by atoms with Crippen molar-refractivity contribution in [3.8, 4) is 5.75 Å². The Labute approximate surface area is 120 Å². The summed E-state index contributed by atoms with van der Waals surface area (Å²) >= 11 is 0. The summed E-state index contributed by atoms with van der Waals surface area (Å²) in [6, 6.07) is 14.6. The lowest BCUT2D eigenvalue weighted by Crippen LogP contribution is -2.19. The summed E-state index contributed by atoms with van der Waals surface area (Å²) < 4.78 is 5.34. The lowest BCUT2D eigenvalue weighted by atomic mass is 10.1. The van der Waals surface area contributed by atoms with Crippen molar-refractivity contribution < 1.29 is 4.74 Å². The number of nitrogens with zero attached hydrogens (tertiary/aromatic N) is 1. The highest BCUT2D eigenvalue weighted by Crippen LogP contribution is 2.39. The van der Waals surface area contributed by atoms with Crippen molar-refractivity contribution in [1.29, 1.82) is 0 Å². The van der Waals surface area contributed by atoms with Crippen LogP contribution in [0.1, 0.15) is 18.4 Å². The molecule has 0 aliphatic carbocycles. The van der Waals surface area contributed by atoms with E-state index in [1.165, 1.54) is 24.1 Å². The molecule has 1 aliphatic heterocycles. The lowest BCUT2D eigenvalue weighted by molar-refractivity contribution is 0.417. The molecule has 0 spiro atoms. The minimum atomic E-state index is 0.715. The number of hydrogen-bond donors (Lipinski definition) is 1. The SMILES string of the molecule is COc1cccc(N2CCCCc3ccccc32)c1N. The number of ether oxygens (including phenoxy) is 1. The summed E-state index contributed by atoms with van der Waals surface area (Å²) in [5.74, 6) is 0.740. The van der Waals surface area contributed by atoms with Gasteiger partial charge < -0.3 is 15.4 Å². The number of fused-ring (bicyclic) bond motifs is 1. The number of rotatable bonds is 2. The fraction of sp³-hybridized carbons (Fsp3) is 0.294. The molecular formula is C17H20N2O. The maximum Gasteiger partial charge on any atom is 0.143 e. The van der Waals surface area contributed by atoms with Crippen LogP contribution in [0.3, 0.4) is 0 Å². The second-order valence-electron chi connectivity index (χ2n) is 5.13. The number of benzene rings is 2. The number of nitrogen functional groups attached to an aromatic ring is 1. The Hall–Kier alpha value is -2.16. The standard InChI is InChI=1S/C17H20N2O/c1-20-16-11-6-10-15(17(16)18)19-12-5-4-8-13-7-2-3-9-14(13)19/h2-3,6-7,9-11H,4-5,8,12,18H2,1H3. The van der Waals surface area contributed by atoms with Gasteiger partial charge in [-0.25, -0.2) is 0 Å². The predicted octanol–water partition coefficient (Wildman–Crippen LogP) is 3.75. The van der Waals surface area contributed by atoms with Gasteiger partial charge in [-0.15, -0.1) is 0 Å². The van der Waals surface area contributed by atoms with Crippen LogP contribution in [0, 0.1) is 0 Å². The Morgan fingerprint density at radius 2 is 1.80 bits per heavy atom. The monoisotopic (exact) mass is 268 g/mol. The number of methoxy groups -OCH3 is 1. The molecule has 3 heteroatoms. The smallest absolute Gasteiger partial charge is 0.143 e. The molecular weight excluding hydrogens is 248 g/mol. The summed E-state index contributed by atoms with van der Waals surface area (Å²) in [6.45, 7) is 0.994. The van der Waals surface area contributed by atoms with Crippen molar-refractivity contribution >= 4 is 17.1 Å². The summed E-state index contributed by atoms with van der Waals surface area (Å²) in [6.07, 6.45) is 3.53. The Kier molecular flexibility index (Phi) is 3.50. The molecule has 3 nitrogen and oxygen atoms in total. The lowest BCUT2D eigenvalue weighted by Gasteiger charge is -2.27. The van der Waals surface area contributed by atoms with Crippen LogP contribution >= 0.6 is 0 Å². The molecule has 2 aromatic carbocycles. The van der Waals surface area contributed by atoms with Crippen LogP contribution in [0.5, 0.6) is 5.75 Å². The van der Waals surface area contributed by atoms with Crippen LogP contribution in [-0.4, -0.2) is 13.7 Å². The molecule has 0 saturated heterocycles. The fourth-order valence-corrected chi connectivity index (χ4v) is 2.89. The van der Waals surface area contributed by atoms with Gasteiger partial charge in [0.05, 0.1) is 18.5 Å². The number of hydrogen-bond acceptors (Lipinski definition) is 3. The van der Waals surface area contributed by atoms with Crippen LogP contribution in [0.4, 0.5) is 17.1 Å². The van der Waals surface area contributed by atoms with Gasteiger partial charge in [0.2, 0.25) is 0 Å². The summed E-state index contributed by atoms with van der Waals surface area (Å²) in [7, 11) is 1.66. The molecule has 20 heavy (non-hydrogen) atoms. The van der Waals surface area contributed by atoms with Crippen LogP contribution in [0.25, 0.3) is 0 Å². The second-order valence-corrected chi connectivity index (χ2v) is 5.13. The van der Waals surface area contributed by atoms with Crippen LogP contribution < -0.4 is 15.4 Å². The van der Waals surface area contributed by atoms with E-state index >= 15 is 0 Å². The average Bonchev–Trinajstić information content (AvgIpc) is 2.70. The zero-order valence-corrected chi connectivity index (χ0v) is 11.8. The first-order chi connectivity index (χ1) is 9.81. The van der Waals surface area contributed by atoms with Gasteiger partial charge in [-0.05, 0) is 43.0 Å². The minimum absolute atomic E-state index is 0.715. The van der Waals surface area contributed by atoms with Gasteiger partial charge >= 0.3 is 0 Å². The highest BCUT2D eigenvalue weighted by atomic mass is 16.5. The van der Waals surface area contributed by atoms with E-state index in [2.05, 4.69) is 35.2 Å². The zero-order valence-electron chi connectivity index (χ0n) is 11.8. The number of anilines is 3. The molecule has 3 rings (SSSR count). The Morgan fingerprint density at radius 3 is 2.65 bits per heavy atom. The van der Waals surface area contributed by atoms with Crippen molar-refractivity contribution in [2.45, 2.75) is 19.3 Å². The second kappa shape index (κ2) is 5.45. The molecule has 104 valence electrons. The van der Waals surface area contributed by atoms with Gasteiger partial charge in [0, 0.05) is 12.2 Å². The summed E-state index contributed by atoms with van der Waals surface area (Å²) in [5, 5.41) is 0. The van der Waals surface area contributed by atoms with Crippen molar-refractivity contribution in [3.05, 3.63) is 48.0 Å². The van der Waals surface area contributed by atoms with E-state index in [1.54, 1.807) is 7.11 Å². The van der Waals surface area contributed by atoms with E-state index < -0.39 is 0 Å². The van der Waals surface area contributed by atoms with Crippen molar-refractivity contribution in [3.63, 3.8) is 0 Å². The summed E-state index contributed by atoms with van der Waals surface area (Å²) in [4.78, 5) is 2.32. The quantitative estimate of drug-likeness (QED) is 0.843. The maximum atomic E-state index is 6.27. The Bertz CT molecular complexity index is 610. The molecule has 2 N–H and O–H groups in total. The molecule has 0 atom stereocenters. The maximum absolute atomic E-state index is 6.27. The van der Waals surface area contributed by atoms with Gasteiger partial charge in [0.1, 0.15) is 5.75 Å². The van der Waals surface area contributed by atoms with Crippen molar-refractivity contribution in [2.75, 3.05) is 24.3 Å². The molecule has 0 fully saturated rings. The van der Waals surface area contributed by atoms with Gasteiger partial charge in [-0.3, -0.25) is 0 Å². The first-order valence-corrected chi connectivity index (χ1v) is 7.09. The highest BCUT2D eigenvalue weighted by Gasteiger charge is 2.19. The predicted molar refractivity (Wildman–Crippen MR) is 83.8 cm³/mol. The van der Waals surface area contributed by atoms with Crippen molar-refractivity contribution in [2.24, 2.45) is 0 Å². The van der Waals surface area contributed by atoms with Gasteiger partial charge in [-0.1, -0.05) is 24.3 Å². The van der Waals surface area contributed by atoms with Crippen LogP contribution in [-0.2, 0) is 6.42 Å². The third-order valence-corrected chi connectivity index (χ3v) is 3.91. The molecule has 0 amide bonds. The first-order valence-electron chi connectivity index (χ1n) is 7.09. The molecule has 0 bridgehead atoms.